The van der Waals surface area contributed by atoms with Gasteiger partial charge in [-0.05, 0) is 43.3 Å². The zero-order valence-electron chi connectivity index (χ0n) is 10.9. The molecule has 0 aliphatic rings. The summed E-state index contributed by atoms with van der Waals surface area (Å²) in [5, 5.41) is 0.520. The molecule has 0 fully saturated rings. The highest BCUT2D eigenvalue weighted by atomic mass is 79.9. The normalized spacial score (nSPS) is 10.3. The lowest BCUT2D eigenvalue weighted by molar-refractivity contribution is 0.0988. The van der Waals surface area contributed by atoms with Gasteiger partial charge in [-0.25, -0.2) is 0 Å². The van der Waals surface area contributed by atoms with Gasteiger partial charge in [0.2, 0.25) is 0 Å². The van der Waals surface area contributed by atoms with E-state index in [-0.39, 0.29) is 5.91 Å². The van der Waals surface area contributed by atoms with Crippen molar-refractivity contribution in [3.8, 4) is 0 Å². The van der Waals surface area contributed by atoms with Gasteiger partial charge in [-0.3, -0.25) is 4.79 Å². The van der Waals surface area contributed by atoms with Gasteiger partial charge in [-0.15, -0.1) is 0 Å². The molecule has 0 saturated heterocycles. The van der Waals surface area contributed by atoms with Crippen LogP contribution in [0.15, 0.2) is 46.9 Å². The average Bonchev–Trinajstić information content (AvgIpc) is 2.38. The summed E-state index contributed by atoms with van der Waals surface area (Å²) in [5.74, 6) is -0.110. The second kappa shape index (κ2) is 6.29. The molecule has 1 amide bonds. The van der Waals surface area contributed by atoms with Gasteiger partial charge in [0.05, 0.1) is 0 Å². The van der Waals surface area contributed by atoms with E-state index in [1.165, 1.54) is 0 Å². The van der Waals surface area contributed by atoms with E-state index in [0.717, 1.165) is 10.2 Å². The number of anilines is 2. The monoisotopic (exact) mass is 352 g/mol. The Morgan fingerprint density at radius 2 is 2.05 bits per heavy atom. The maximum absolute atomic E-state index is 12.6. The highest BCUT2D eigenvalue weighted by molar-refractivity contribution is 9.10. The molecule has 2 N–H and O–H groups in total. The first kappa shape index (κ1) is 14.9. The lowest BCUT2D eigenvalue weighted by atomic mass is 10.1. The van der Waals surface area contributed by atoms with Crippen LogP contribution in [0.2, 0.25) is 5.02 Å². The number of amides is 1. The first-order chi connectivity index (χ1) is 9.51. The number of nitrogens with two attached hydrogens (primary N) is 1. The van der Waals surface area contributed by atoms with Crippen molar-refractivity contribution < 1.29 is 4.79 Å². The highest BCUT2D eigenvalue weighted by Crippen LogP contribution is 2.24. The standard InChI is InChI=1S/C15H14BrClN2O/c1-2-19(14-5-3-4-13(18)9-14)15(20)10-6-11(16)8-12(17)7-10/h3-9H,2,18H2,1H3. The zero-order chi connectivity index (χ0) is 14.7. The van der Waals surface area contributed by atoms with E-state index in [9.17, 15) is 4.79 Å². The Hall–Kier alpha value is -1.52. The summed E-state index contributed by atoms with van der Waals surface area (Å²) < 4.78 is 0.775. The fraction of sp³-hybridized carbons (Fsp3) is 0.133. The molecular weight excluding hydrogens is 340 g/mol. The minimum atomic E-state index is -0.110. The van der Waals surface area contributed by atoms with Gasteiger partial charge in [0.1, 0.15) is 0 Å². The first-order valence-electron chi connectivity index (χ1n) is 6.14. The topological polar surface area (TPSA) is 46.3 Å². The minimum absolute atomic E-state index is 0.110. The SMILES string of the molecule is CCN(C(=O)c1cc(Cl)cc(Br)c1)c1cccc(N)c1. The molecule has 0 spiro atoms. The molecule has 2 aromatic carbocycles. The van der Waals surface area contributed by atoms with Crippen LogP contribution in [0.1, 0.15) is 17.3 Å². The number of benzene rings is 2. The number of nitrogens with zero attached hydrogens (tertiary/aromatic N) is 1. The van der Waals surface area contributed by atoms with E-state index in [2.05, 4.69) is 15.9 Å². The molecule has 0 unspecified atom stereocenters. The molecule has 0 aliphatic carbocycles. The van der Waals surface area contributed by atoms with E-state index in [1.54, 1.807) is 35.2 Å². The van der Waals surface area contributed by atoms with Crippen LogP contribution >= 0.6 is 27.5 Å². The number of carbonyl (C=O) groups is 1. The third-order valence-corrected chi connectivity index (χ3v) is 3.53. The summed E-state index contributed by atoms with van der Waals surface area (Å²) in [6.45, 7) is 2.47. The molecule has 0 radical (unpaired) electrons. The van der Waals surface area contributed by atoms with Crippen molar-refractivity contribution in [1.82, 2.24) is 0 Å². The van der Waals surface area contributed by atoms with Gasteiger partial charge in [0, 0.05) is 33.0 Å². The molecule has 20 heavy (non-hydrogen) atoms. The first-order valence-corrected chi connectivity index (χ1v) is 7.32. The molecule has 3 nitrogen and oxygen atoms in total. The fourth-order valence-corrected chi connectivity index (χ4v) is 2.83. The van der Waals surface area contributed by atoms with Crippen molar-refractivity contribution in [1.29, 1.82) is 0 Å². The third kappa shape index (κ3) is 3.32. The van der Waals surface area contributed by atoms with Gasteiger partial charge in [0.15, 0.2) is 0 Å². The Kier molecular flexibility index (Phi) is 4.68. The predicted molar refractivity (Wildman–Crippen MR) is 87.4 cm³/mol. The Balaban J connectivity index is 2.38. The molecule has 5 heteroatoms. The van der Waals surface area contributed by atoms with Gasteiger partial charge in [-0.2, -0.15) is 0 Å². The molecule has 0 atom stereocenters. The molecule has 0 saturated carbocycles. The van der Waals surface area contributed by atoms with E-state index in [0.29, 0.717) is 22.8 Å². The van der Waals surface area contributed by atoms with Crippen molar-refractivity contribution in [3.05, 3.63) is 57.5 Å². The zero-order valence-corrected chi connectivity index (χ0v) is 13.3. The number of hydrogen-bond donors (Lipinski definition) is 1. The third-order valence-electron chi connectivity index (χ3n) is 2.85. The molecule has 0 aromatic heterocycles. The van der Waals surface area contributed by atoms with Crippen molar-refractivity contribution in [2.75, 3.05) is 17.2 Å². The number of hydrogen-bond acceptors (Lipinski definition) is 2. The molecule has 104 valence electrons. The molecule has 2 rings (SSSR count). The van der Waals surface area contributed by atoms with Crippen LogP contribution in [-0.4, -0.2) is 12.5 Å². The van der Waals surface area contributed by atoms with Crippen molar-refractivity contribution in [2.24, 2.45) is 0 Å². The maximum atomic E-state index is 12.6. The van der Waals surface area contributed by atoms with Crippen LogP contribution in [0, 0.1) is 0 Å². The Morgan fingerprint density at radius 1 is 1.30 bits per heavy atom. The Bertz CT molecular complexity index is 625. The summed E-state index contributed by atoms with van der Waals surface area (Å²) >= 11 is 9.34. The van der Waals surface area contributed by atoms with Crippen LogP contribution < -0.4 is 10.6 Å². The Morgan fingerprint density at radius 3 is 2.65 bits per heavy atom. The average molecular weight is 354 g/mol. The quantitative estimate of drug-likeness (QED) is 0.834. The maximum Gasteiger partial charge on any atom is 0.258 e. The fourth-order valence-electron chi connectivity index (χ4n) is 1.97. The molecule has 0 aliphatic heterocycles. The van der Waals surface area contributed by atoms with E-state index < -0.39 is 0 Å². The van der Waals surface area contributed by atoms with Crippen LogP contribution in [0.3, 0.4) is 0 Å². The van der Waals surface area contributed by atoms with Gasteiger partial charge < -0.3 is 10.6 Å². The van der Waals surface area contributed by atoms with Crippen LogP contribution in [0.4, 0.5) is 11.4 Å². The van der Waals surface area contributed by atoms with E-state index in [4.69, 9.17) is 17.3 Å². The van der Waals surface area contributed by atoms with Crippen LogP contribution in [0.25, 0.3) is 0 Å². The summed E-state index contributed by atoms with van der Waals surface area (Å²) in [5.41, 5.74) is 7.71. The number of nitrogen functional groups attached to an aromatic ring is 1. The molecule has 0 bridgehead atoms. The number of rotatable bonds is 3. The van der Waals surface area contributed by atoms with E-state index >= 15 is 0 Å². The van der Waals surface area contributed by atoms with Crippen LogP contribution in [-0.2, 0) is 0 Å². The summed E-state index contributed by atoms with van der Waals surface area (Å²) in [6, 6.07) is 12.4. The van der Waals surface area contributed by atoms with Gasteiger partial charge in [-0.1, -0.05) is 33.6 Å². The smallest absolute Gasteiger partial charge is 0.258 e. The molecular formula is C15H14BrClN2O. The molecule has 0 heterocycles. The Labute approximate surface area is 131 Å². The lowest BCUT2D eigenvalue weighted by Gasteiger charge is -2.21. The summed E-state index contributed by atoms with van der Waals surface area (Å²) in [6.07, 6.45) is 0. The van der Waals surface area contributed by atoms with Crippen molar-refractivity contribution >= 4 is 44.8 Å². The van der Waals surface area contributed by atoms with E-state index in [1.807, 2.05) is 19.1 Å². The van der Waals surface area contributed by atoms with Gasteiger partial charge in [0.25, 0.3) is 5.91 Å². The number of halogens is 2. The van der Waals surface area contributed by atoms with Crippen molar-refractivity contribution in [2.45, 2.75) is 6.92 Å². The van der Waals surface area contributed by atoms with Crippen molar-refractivity contribution in [3.63, 3.8) is 0 Å². The second-order valence-electron chi connectivity index (χ2n) is 4.30. The minimum Gasteiger partial charge on any atom is -0.399 e. The van der Waals surface area contributed by atoms with Gasteiger partial charge >= 0.3 is 0 Å². The number of carbonyl (C=O) groups excluding carboxylic acids is 1. The predicted octanol–water partition coefficient (Wildman–Crippen LogP) is 4.35. The molecule has 2 aromatic rings. The highest BCUT2D eigenvalue weighted by Gasteiger charge is 2.17. The second-order valence-corrected chi connectivity index (χ2v) is 5.65. The largest absolute Gasteiger partial charge is 0.399 e. The van der Waals surface area contributed by atoms with Crippen LogP contribution in [0.5, 0.6) is 0 Å². The lowest BCUT2D eigenvalue weighted by Crippen LogP contribution is -2.30. The summed E-state index contributed by atoms with van der Waals surface area (Å²) in [7, 11) is 0. The summed E-state index contributed by atoms with van der Waals surface area (Å²) in [4.78, 5) is 14.3.